The molecule has 1 aliphatic rings. The van der Waals surface area contributed by atoms with Crippen LogP contribution in [0.4, 0.5) is 5.95 Å². The molecule has 2 rings (SSSR count). The van der Waals surface area contributed by atoms with Gasteiger partial charge in [0.05, 0.1) is 5.69 Å². The van der Waals surface area contributed by atoms with Crippen molar-refractivity contribution in [2.75, 3.05) is 5.32 Å². The van der Waals surface area contributed by atoms with Crippen LogP contribution in [0, 0.1) is 0 Å². The summed E-state index contributed by atoms with van der Waals surface area (Å²) in [6, 6.07) is 2.35. The fourth-order valence-electron chi connectivity index (χ4n) is 2.27. The van der Waals surface area contributed by atoms with Gasteiger partial charge >= 0.3 is 0 Å². The van der Waals surface area contributed by atoms with Crippen molar-refractivity contribution in [1.82, 2.24) is 9.97 Å². The van der Waals surface area contributed by atoms with Crippen LogP contribution in [0.1, 0.15) is 44.7 Å². The van der Waals surface area contributed by atoms with Gasteiger partial charge in [-0.25, -0.2) is 9.97 Å². The minimum absolute atomic E-state index is 0.499. The maximum atomic E-state index is 10.4. The summed E-state index contributed by atoms with van der Waals surface area (Å²) in [5, 5.41) is 3.40. The molecule has 5 heteroatoms. The summed E-state index contributed by atoms with van der Waals surface area (Å²) in [5.41, 5.74) is 1.66. The molecule has 0 aromatic carbocycles. The van der Waals surface area contributed by atoms with E-state index in [1.165, 1.54) is 43.9 Å². The average molecular weight is 277 g/mol. The number of nitrogens with zero attached hydrogens (tertiary/aromatic N) is 2. The molecule has 0 spiro atoms. The standard InChI is InChI=1S/C14H19N3OS/c1-11(19-10-18)9-13-7-8-15-14(17-13)16-12-5-3-2-4-6-12/h7-10,12H,2-6H2,1H3,(H,15,16,17)/b11-9-. The monoisotopic (exact) mass is 277 g/mol. The summed E-state index contributed by atoms with van der Waals surface area (Å²) in [4.78, 5) is 20.1. The lowest BCUT2D eigenvalue weighted by Crippen LogP contribution is -2.23. The fraction of sp³-hybridized carbons (Fsp3) is 0.500. The lowest BCUT2D eigenvalue weighted by molar-refractivity contribution is 0.461. The maximum absolute atomic E-state index is 10.4. The minimum atomic E-state index is 0.499. The van der Waals surface area contributed by atoms with E-state index in [4.69, 9.17) is 0 Å². The average Bonchev–Trinajstić information content (AvgIpc) is 2.40. The van der Waals surface area contributed by atoms with Crippen LogP contribution in [0.5, 0.6) is 0 Å². The Hall–Kier alpha value is -1.36. The SMILES string of the molecule is C/C(=C/c1ccnc(NC2CCCCC2)n1)SC=O. The Balaban J connectivity index is 2.01. The number of allylic oxidation sites excluding steroid dienone is 1. The zero-order chi connectivity index (χ0) is 13.5. The molecule has 0 unspecified atom stereocenters. The van der Waals surface area contributed by atoms with Crippen LogP contribution in [0.2, 0.25) is 0 Å². The highest BCUT2D eigenvalue weighted by atomic mass is 32.2. The van der Waals surface area contributed by atoms with Crippen molar-refractivity contribution in [3.8, 4) is 0 Å². The van der Waals surface area contributed by atoms with Crippen molar-refractivity contribution >= 4 is 29.4 Å². The smallest absolute Gasteiger partial charge is 0.223 e. The number of anilines is 1. The first-order valence-electron chi connectivity index (χ1n) is 6.66. The first kappa shape index (κ1) is 14.1. The predicted molar refractivity (Wildman–Crippen MR) is 80.5 cm³/mol. The largest absolute Gasteiger partial charge is 0.351 e. The summed E-state index contributed by atoms with van der Waals surface area (Å²) in [5.74, 6) is 0.685. The third-order valence-corrected chi connectivity index (χ3v) is 3.79. The Kier molecular flexibility index (Phi) is 5.39. The summed E-state index contributed by atoms with van der Waals surface area (Å²) in [6.07, 6.45) is 9.95. The van der Waals surface area contributed by atoms with Crippen LogP contribution in [0.15, 0.2) is 17.2 Å². The number of carbonyl (C=O) groups is 1. The molecular weight excluding hydrogens is 258 g/mol. The van der Waals surface area contributed by atoms with Crippen LogP contribution < -0.4 is 5.32 Å². The molecule has 1 aliphatic carbocycles. The summed E-state index contributed by atoms with van der Waals surface area (Å²) >= 11 is 1.17. The van der Waals surface area contributed by atoms with Crippen molar-refractivity contribution in [1.29, 1.82) is 0 Å². The molecule has 1 aromatic rings. The maximum Gasteiger partial charge on any atom is 0.223 e. The van der Waals surface area contributed by atoms with Gasteiger partial charge in [0.25, 0.3) is 0 Å². The molecule has 0 radical (unpaired) electrons. The molecule has 1 saturated carbocycles. The third kappa shape index (κ3) is 4.67. The van der Waals surface area contributed by atoms with Gasteiger partial charge in [0.15, 0.2) is 5.62 Å². The quantitative estimate of drug-likeness (QED) is 0.835. The number of hydrogen-bond donors (Lipinski definition) is 1. The zero-order valence-corrected chi connectivity index (χ0v) is 11.9. The molecule has 1 heterocycles. The highest BCUT2D eigenvalue weighted by Crippen LogP contribution is 2.20. The molecule has 19 heavy (non-hydrogen) atoms. The molecule has 0 aliphatic heterocycles. The number of rotatable bonds is 5. The molecule has 1 N–H and O–H groups in total. The van der Waals surface area contributed by atoms with Gasteiger partial charge in [0.1, 0.15) is 0 Å². The van der Waals surface area contributed by atoms with E-state index in [2.05, 4.69) is 15.3 Å². The Bertz CT molecular complexity index is 456. The molecule has 0 bridgehead atoms. The molecule has 0 saturated heterocycles. The number of carbonyl (C=O) groups excluding carboxylic acids is 1. The Morgan fingerprint density at radius 1 is 1.42 bits per heavy atom. The molecule has 0 amide bonds. The van der Waals surface area contributed by atoms with Gasteiger partial charge in [-0.15, -0.1) is 0 Å². The normalized spacial score (nSPS) is 17.2. The van der Waals surface area contributed by atoms with Crippen molar-refractivity contribution in [3.63, 3.8) is 0 Å². The van der Waals surface area contributed by atoms with Gasteiger partial charge in [0, 0.05) is 12.2 Å². The first-order chi connectivity index (χ1) is 9.28. The predicted octanol–water partition coefficient (Wildman–Crippen LogP) is 3.51. The molecule has 1 fully saturated rings. The van der Waals surface area contributed by atoms with E-state index in [1.807, 2.05) is 19.1 Å². The topological polar surface area (TPSA) is 54.9 Å². The Morgan fingerprint density at radius 3 is 2.95 bits per heavy atom. The second-order valence-electron chi connectivity index (χ2n) is 4.75. The van der Waals surface area contributed by atoms with Crippen molar-refractivity contribution in [2.24, 2.45) is 0 Å². The number of hydrogen-bond acceptors (Lipinski definition) is 5. The van der Waals surface area contributed by atoms with Gasteiger partial charge in [-0.05, 0) is 36.8 Å². The number of nitrogens with one attached hydrogen (secondary N) is 1. The second kappa shape index (κ2) is 7.28. The first-order valence-corrected chi connectivity index (χ1v) is 7.54. The highest BCUT2D eigenvalue weighted by Gasteiger charge is 2.13. The Labute approximate surface area is 118 Å². The summed E-state index contributed by atoms with van der Waals surface area (Å²) in [6.45, 7) is 1.90. The number of aromatic nitrogens is 2. The third-order valence-electron chi connectivity index (χ3n) is 3.20. The van der Waals surface area contributed by atoms with Gasteiger partial charge in [-0.2, -0.15) is 0 Å². The summed E-state index contributed by atoms with van der Waals surface area (Å²) in [7, 11) is 0. The van der Waals surface area contributed by atoms with Gasteiger partial charge in [-0.3, -0.25) is 4.79 Å². The lowest BCUT2D eigenvalue weighted by atomic mass is 9.96. The zero-order valence-electron chi connectivity index (χ0n) is 11.1. The molecule has 0 atom stereocenters. The second-order valence-corrected chi connectivity index (χ2v) is 5.83. The number of thioether (sulfide) groups is 1. The van der Waals surface area contributed by atoms with Gasteiger partial charge < -0.3 is 5.32 Å². The van der Waals surface area contributed by atoms with Gasteiger partial charge in [-0.1, -0.05) is 31.0 Å². The minimum Gasteiger partial charge on any atom is -0.351 e. The van der Waals surface area contributed by atoms with E-state index >= 15 is 0 Å². The Morgan fingerprint density at radius 2 is 2.21 bits per heavy atom. The van der Waals surface area contributed by atoms with Crippen molar-refractivity contribution < 1.29 is 4.79 Å². The molecular formula is C14H19N3OS. The fourth-order valence-corrected chi connectivity index (χ4v) is 2.61. The van der Waals surface area contributed by atoms with E-state index in [1.54, 1.807) is 6.20 Å². The van der Waals surface area contributed by atoms with E-state index in [0.29, 0.717) is 12.0 Å². The van der Waals surface area contributed by atoms with E-state index in [-0.39, 0.29) is 0 Å². The lowest BCUT2D eigenvalue weighted by Gasteiger charge is -2.22. The van der Waals surface area contributed by atoms with Crippen LogP contribution in [-0.2, 0) is 4.79 Å². The summed E-state index contributed by atoms with van der Waals surface area (Å²) < 4.78 is 0. The van der Waals surface area contributed by atoms with Crippen LogP contribution in [0.3, 0.4) is 0 Å². The van der Waals surface area contributed by atoms with Crippen LogP contribution in [-0.4, -0.2) is 21.6 Å². The van der Waals surface area contributed by atoms with E-state index in [0.717, 1.165) is 16.2 Å². The van der Waals surface area contributed by atoms with E-state index in [9.17, 15) is 4.79 Å². The van der Waals surface area contributed by atoms with Crippen LogP contribution >= 0.6 is 11.8 Å². The van der Waals surface area contributed by atoms with Gasteiger partial charge in [0.2, 0.25) is 5.95 Å². The van der Waals surface area contributed by atoms with E-state index < -0.39 is 0 Å². The molecule has 4 nitrogen and oxygen atoms in total. The molecule has 102 valence electrons. The van der Waals surface area contributed by atoms with Crippen molar-refractivity contribution in [3.05, 3.63) is 22.9 Å². The molecule has 1 aromatic heterocycles. The van der Waals surface area contributed by atoms with Crippen molar-refractivity contribution in [2.45, 2.75) is 45.1 Å². The van der Waals surface area contributed by atoms with Crippen LogP contribution in [0.25, 0.3) is 6.08 Å². The highest BCUT2D eigenvalue weighted by molar-refractivity contribution is 8.15.